The van der Waals surface area contributed by atoms with Gasteiger partial charge in [-0.1, -0.05) is 0 Å². The first-order valence-corrected chi connectivity index (χ1v) is 6.41. The van der Waals surface area contributed by atoms with E-state index in [1.54, 1.807) is 0 Å². The van der Waals surface area contributed by atoms with Crippen molar-refractivity contribution in [2.45, 2.75) is 57.7 Å². The minimum absolute atomic E-state index is 0.0774. The van der Waals surface area contributed by atoms with E-state index in [0.29, 0.717) is 32.2 Å². The first-order chi connectivity index (χ1) is 8.23. The van der Waals surface area contributed by atoms with Crippen LogP contribution in [0.5, 0.6) is 0 Å². The topological polar surface area (TPSA) is 75.6 Å². The summed E-state index contributed by atoms with van der Waals surface area (Å²) in [7, 11) is 0. The maximum atomic E-state index is 11.6. The molecule has 0 unspecified atom stereocenters. The van der Waals surface area contributed by atoms with E-state index in [1.165, 1.54) is 6.92 Å². The Balaban J connectivity index is 2.20. The van der Waals surface area contributed by atoms with Gasteiger partial charge in [0.2, 0.25) is 5.91 Å². The highest BCUT2D eigenvalue weighted by molar-refractivity contribution is 5.77. The van der Waals surface area contributed by atoms with E-state index in [-0.39, 0.29) is 11.5 Å². The zero-order valence-electron chi connectivity index (χ0n) is 11.2. The SMILES string of the molecule is CC(=O)NCC12CCC(C(=O)O)(CC1)C(C)(C)O2. The number of fused-ring (bicyclic) bond motifs is 3. The van der Waals surface area contributed by atoms with Gasteiger partial charge in [0.25, 0.3) is 0 Å². The molecule has 3 rings (SSSR count). The third kappa shape index (κ3) is 1.81. The Morgan fingerprint density at radius 2 is 1.78 bits per heavy atom. The molecule has 1 aliphatic carbocycles. The van der Waals surface area contributed by atoms with E-state index < -0.39 is 17.0 Å². The molecule has 0 radical (unpaired) electrons. The maximum Gasteiger partial charge on any atom is 0.312 e. The Bertz CT molecular complexity index is 380. The van der Waals surface area contributed by atoms with Gasteiger partial charge in [-0.05, 0) is 39.5 Å². The van der Waals surface area contributed by atoms with Gasteiger partial charge in [0.1, 0.15) is 0 Å². The van der Waals surface area contributed by atoms with Crippen molar-refractivity contribution in [3.63, 3.8) is 0 Å². The molecule has 0 aromatic rings. The number of carbonyl (C=O) groups is 2. The van der Waals surface area contributed by atoms with E-state index in [2.05, 4.69) is 5.32 Å². The van der Waals surface area contributed by atoms with Crippen LogP contribution in [0.3, 0.4) is 0 Å². The van der Waals surface area contributed by atoms with Gasteiger partial charge < -0.3 is 15.2 Å². The Labute approximate surface area is 107 Å². The van der Waals surface area contributed by atoms with Crippen molar-refractivity contribution in [2.24, 2.45) is 5.41 Å². The molecule has 5 heteroatoms. The Kier molecular flexibility index (Phi) is 2.93. The Hall–Kier alpha value is -1.10. The minimum Gasteiger partial charge on any atom is -0.481 e. The van der Waals surface area contributed by atoms with Crippen LogP contribution in [0.2, 0.25) is 0 Å². The number of nitrogens with one attached hydrogen (secondary N) is 1. The number of hydrogen-bond donors (Lipinski definition) is 2. The monoisotopic (exact) mass is 255 g/mol. The van der Waals surface area contributed by atoms with Crippen molar-refractivity contribution in [3.05, 3.63) is 0 Å². The van der Waals surface area contributed by atoms with Gasteiger partial charge in [-0.15, -0.1) is 0 Å². The number of rotatable bonds is 3. The molecule has 2 aliphatic heterocycles. The normalized spacial score (nSPS) is 37.3. The average Bonchev–Trinajstić information content (AvgIpc) is 2.26. The predicted octanol–water partition coefficient (Wildman–Crippen LogP) is 1.32. The van der Waals surface area contributed by atoms with Crippen LogP contribution in [-0.4, -0.2) is 34.7 Å². The van der Waals surface area contributed by atoms with Crippen LogP contribution in [0, 0.1) is 5.41 Å². The highest BCUT2D eigenvalue weighted by Crippen LogP contribution is 2.57. The van der Waals surface area contributed by atoms with Gasteiger partial charge in [0.15, 0.2) is 0 Å². The first-order valence-electron chi connectivity index (χ1n) is 6.41. The molecular formula is C13H21NO4. The maximum absolute atomic E-state index is 11.6. The number of hydrogen-bond acceptors (Lipinski definition) is 3. The zero-order valence-corrected chi connectivity index (χ0v) is 11.2. The lowest BCUT2D eigenvalue weighted by Gasteiger charge is -2.59. The zero-order chi connectivity index (χ0) is 13.6. The van der Waals surface area contributed by atoms with Crippen molar-refractivity contribution in [3.8, 4) is 0 Å². The number of amides is 1. The van der Waals surface area contributed by atoms with E-state index in [1.807, 2.05) is 13.8 Å². The fraction of sp³-hybridized carbons (Fsp3) is 0.846. The fourth-order valence-electron chi connectivity index (χ4n) is 3.45. The number of carboxylic acid groups (broad SMARTS) is 1. The molecule has 0 atom stereocenters. The standard InChI is InChI=1S/C13H21NO4/c1-9(15)14-8-12-4-6-13(7-5-12,10(16)17)11(2,3)18-12/h4-8H2,1-3H3,(H,14,15)(H,16,17). The summed E-state index contributed by atoms with van der Waals surface area (Å²) in [4.78, 5) is 22.6. The fourth-order valence-corrected chi connectivity index (χ4v) is 3.45. The molecule has 1 amide bonds. The summed E-state index contributed by atoms with van der Waals surface area (Å²) in [6.07, 6.45) is 2.63. The van der Waals surface area contributed by atoms with Crippen LogP contribution in [0.4, 0.5) is 0 Å². The summed E-state index contributed by atoms with van der Waals surface area (Å²) in [6.45, 7) is 5.65. The van der Waals surface area contributed by atoms with Gasteiger partial charge in [0, 0.05) is 13.5 Å². The molecule has 102 valence electrons. The van der Waals surface area contributed by atoms with Crippen molar-refractivity contribution < 1.29 is 19.4 Å². The van der Waals surface area contributed by atoms with Crippen LogP contribution >= 0.6 is 0 Å². The third-order valence-corrected chi connectivity index (χ3v) is 4.71. The van der Waals surface area contributed by atoms with E-state index in [4.69, 9.17) is 4.74 Å². The van der Waals surface area contributed by atoms with Crippen molar-refractivity contribution in [1.82, 2.24) is 5.32 Å². The molecule has 2 bridgehead atoms. The van der Waals surface area contributed by atoms with E-state index >= 15 is 0 Å². The van der Waals surface area contributed by atoms with Crippen LogP contribution < -0.4 is 5.32 Å². The first kappa shape index (κ1) is 13.3. The summed E-state index contributed by atoms with van der Waals surface area (Å²) >= 11 is 0. The molecular weight excluding hydrogens is 234 g/mol. The van der Waals surface area contributed by atoms with Gasteiger partial charge in [0.05, 0.1) is 16.6 Å². The predicted molar refractivity (Wildman–Crippen MR) is 65.1 cm³/mol. The Morgan fingerprint density at radius 3 is 2.17 bits per heavy atom. The summed E-state index contributed by atoms with van der Waals surface area (Å²) < 4.78 is 6.08. The van der Waals surface area contributed by atoms with Crippen LogP contribution in [0.25, 0.3) is 0 Å². The van der Waals surface area contributed by atoms with Crippen LogP contribution in [0.1, 0.15) is 46.5 Å². The van der Waals surface area contributed by atoms with Crippen molar-refractivity contribution in [2.75, 3.05) is 6.54 Å². The molecule has 1 saturated carbocycles. The largest absolute Gasteiger partial charge is 0.481 e. The van der Waals surface area contributed by atoms with Gasteiger partial charge in [-0.25, -0.2) is 0 Å². The molecule has 3 fully saturated rings. The lowest BCUT2D eigenvalue weighted by atomic mass is 9.57. The lowest BCUT2D eigenvalue weighted by molar-refractivity contribution is -0.273. The Morgan fingerprint density at radius 1 is 1.22 bits per heavy atom. The third-order valence-electron chi connectivity index (χ3n) is 4.71. The number of aliphatic carboxylic acids is 1. The smallest absolute Gasteiger partial charge is 0.312 e. The van der Waals surface area contributed by atoms with Crippen LogP contribution in [-0.2, 0) is 14.3 Å². The minimum atomic E-state index is -0.773. The summed E-state index contributed by atoms with van der Waals surface area (Å²) in [5.74, 6) is -0.841. The number of carbonyl (C=O) groups excluding carboxylic acids is 1. The second kappa shape index (κ2) is 3.95. The molecule has 3 aliphatic rings. The molecule has 0 aromatic carbocycles. The number of ether oxygens (including phenoxy) is 1. The molecule has 18 heavy (non-hydrogen) atoms. The molecule has 5 nitrogen and oxygen atoms in total. The molecule has 2 N–H and O–H groups in total. The van der Waals surface area contributed by atoms with Gasteiger partial charge in [-0.2, -0.15) is 0 Å². The highest BCUT2D eigenvalue weighted by Gasteiger charge is 2.63. The van der Waals surface area contributed by atoms with Gasteiger partial charge in [-0.3, -0.25) is 9.59 Å². The molecule has 0 spiro atoms. The average molecular weight is 255 g/mol. The summed E-state index contributed by atoms with van der Waals surface area (Å²) in [5.41, 5.74) is -1.84. The lowest BCUT2D eigenvalue weighted by Crippen LogP contribution is -2.67. The summed E-state index contributed by atoms with van der Waals surface area (Å²) in [6, 6.07) is 0. The second-order valence-corrected chi connectivity index (χ2v) is 6.09. The van der Waals surface area contributed by atoms with Gasteiger partial charge >= 0.3 is 5.97 Å². The van der Waals surface area contributed by atoms with E-state index in [9.17, 15) is 14.7 Å². The number of carboxylic acids is 1. The quantitative estimate of drug-likeness (QED) is 0.797. The van der Waals surface area contributed by atoms with Crippen LogP contribution in [0.15, 0.2) is 0 Å². The molecule has 0 aromatic heterocycles. The van der Waals surface area contributed by atoms with Crippen molar-refractivity contribution in [1.29, 1.82) is 0 Å². The molecule has 2 saturated heterocycles. The highest BCUT2D eigenvalue weighted by atomic mass is 16.5. The van der Waals surface area contributed by atoms with Crippen molar-refractivity contribution >= 4 is 11.9 Å². The summed E-state index contributed by atoms with van der Waals surface area (Å²) in [5, 5.41) is 12.3. The molecule has 2 heterocycles. The second-order valence-electron chi connectivity index (χ2n) is 6.09. The van der Waals surface area contributed by atoms with E-state index in [0.717, 1.165) is 0 Å².